The minimum atomic E-state index is -2.78. The smallest absolute Gasteiger partial charge is 0.267 e. The van der Waals surface area contributed by atoms with Crippen LogP contribution in [-0.4, -0.2) is 25.5 Å². The van der Waals surface area contributed by atoms with Gasteiger partial charge < -0.3 is 15.0 Å². The zero-order chi connectivity index (χ0) is 16.4. The summed E-state index contributed by atoms with van der Waals surface area (Å²) in [6, 6.07) is 12.6. The highest BCUT2D eigenvalue weighted by atomic mass is 19.3. The number of carbonyl (C=O) groups excluding carboxylic acids is 1. The summed E-state index contributed by atoms with van der Waals surface area (Å²) in [6.45, 7) is 0.212. The minimum Gasteiger partial charge on any atom is -0.497 e. The Hall–Kier alpha value is -2.63. The molecule has 0 fully saturated rings. The summed E-state index contributed by atoms with van der Waals surface area (Å²) in [4.78, 5) is 13.5. The molecular formula is C17H16F2N2O2. The van der Waals surface area contributed by atoms with Crippen LogP contribution in [0.25, 0.3) is 0 Å². The summed E-state index contributed by atoms with van der Waals surface area (Å²) < 4.78 is 31.9. The van der Waals surface area contributed by atoms with Crippen LogP contribution in [0.15, 0.2) is 48.5 Å². The van der Waals surface area contributed by atoms with E-state index < -0.39 is 18.4 Å². The quantitative estimate of drug-likeness (QED) is 0.940. The summed E-state index contributed by atoms with van der Waals surface area (Å²) >= 11 is 0. The molecule has 4 nitrogen and oxygen atoms in total. The van der Waals surface area contributed by atoms with Gasteiger partial charge in [0.15, 0.2) is 6.04 Å². The fourth-order valence-corrected chi connectivity index (χ4v) is 2.69. The molecule has 0 aromatic heterocycles. The van der Waals surface area contributed by atoms with Gasteiger partial charge >= 0.3 is 0 Å². The minimum absolute atomic E-state index is 0.212. The highest BCUT2D eigenvalue weighted by Crippen LogP contribution is 2.34. The van der Waals surface area contributed by atoms with Gasteiger partial charge in [-0.15, -0.1) is 0 Å². The number of fused-ring (bicyclic) bond motifs is 1. The van der Waals surface area contributed by atoms with Crippen molar-refractivity contribution in [3.05, 3.63) is 54.1 Å². The molecule has 0 bridgehead atoms. The molecule has 0 saturated carbocycles. The second-order valence-corrected chi connectivity index (χ2v) is 5.26. The Labute approximate surface area is 132 Å². The number of benzene rings is 2. The predicted molar refractivity (Wildman–Crippen MR) is 84.0 cm³/mol. The van der Waals surface area contributed by atoms with Crippen LogP contribution in [0.2, 0.25) is 0 Å². The molecule has 2 aromatic rings. The van der Waals surface area contributed by atoms with E-state index in [1.807, 2.05) is 0 Å². The van der Waals surface area contributed by atoms with Crippen molar-refractivity contribution in [2.75, 3.05) is 17.3 Å². The number of nitrogens with zero attached hydrogens (tertiary/aromatic N) is 1. The zero-order valence-electron chi connectivity index (χ0n) is 12.5. The molecule has 0 saturated heterocycles. The Kier molecular flexibility index (Phi) is 4.14. The molecule has 3 rings (SSSR count). The van der Waals surface area contributed by atoms with E-state index in [2.05, 4.69) is 5.32 Å². The molecule has 1 aliphatic rings. The van der Waals surface area contributed by atoms with Gasteiger partial charge in [0, 0.05) is 6.54 Å². The molecule has 1 aliphatic heterocycles. The van der Waals surface area contributed by atoms with Crippen LogP contribution >= 0.6 is 0 Å². The zero-order valence-corrected chi connectivity index (χ0v) is 12.5. The molecule has 1 amide bonds. The second kappa shape index (κ2) is 6.24. The lowest BCUT2D eigenvalue weighted by Gasteiger charge is -2.37. The SMILES string of the molecule is COc1ccc(CN2c3ccccc3NC(=O)C2C(F)F)cc1. The lowest BCUT2D eigenvalue weighted by Crippen LogP contribution is -2.51. The van der Waals surface area contributed by atoms with Crippen LogP contribution < -0.4 is 15.0 Å². The Morgan fingerprint density at radius 2 is 1.87 bits per heavy atom. The third-order valence-corrected chi connectivity index (χ3v) is 3.83. The molecule has 6 heteroatoms. The first-order valence-corrected chi connectivity index (χ1v) is 7.18. The van der Waals surface area contributed by atoms with Crippen LogP contribution in [0.3, 0.4) is 0 Å². The fourth-order valence-electron chi connectivity index (χ4n) is 2.69. The van der Waals surface area contributed by atoms with E-state index in [-0.39, 0.29) is 6.54 Å². The average molecular weight is 318 g/mol. The van der Waals surface area contributed by atoms with E-state index >= 15 is 0 Å². The van der Waals surface area contributed by atoms with Crippen molar-refractivity contribution < 1.29 is 18.3 Å². The lowest BCUT2D eigenvalue weighted by molar-refractivity contribution is -0.120. The molecule has 1 atom stereocenters. The largest absolute Gasteiger partial charge is 0.497 e. The van der Waals surface area contributed by atoms with Gasteiger partial charge in [-0.1, -0.05) is 24.3 Å². The van der Waals surface area contributed by atoms with Crippen LogP contribution in [0.1, 0.15) is 5.56 Å². The lowest BCUT2D eigenvalue weighted by atomic mass is 10.1. The number of alkyl halides is 2. The molecule has 0 radical (unpaired) electrons. The van der Waals surface area contributed by atoms with Gasteiger partial charge in [0.25, 0.3) is 12.3 Å². The molecule has 120 valence electrons. The van der Waals surface area contributed by atoms with Gasteiger partial charge in [-0.2, -0.15) is 0 Å². The topological polar surface area (TPSA) is 41.6 Å². The van der Waals surface area contributed by atoms with E-state index in [1.54, 1.807) is 55.6 Å². The number of carbonyl (C=O) groups is 1. The normalized spacial score (nSPS) is 17.0. The molecule has 0 spiro atoms. The highest BCUT2D eigenvalue weighted by molar-refractivity contribution is 6.03. The van der Waals surface area contributed by atoms with Crippen molar-refractivity contribution in [2.45, 2.75) is 19.0 Å². The summed E-state index contributed by atoms with van der Waals surface area (Å²) in [7, 11) is 1.56. The number of halogens is 2. The van der Waals surface area contributed by atoms with Crippen molar-refractivity contribution in [3.63, 3.8) is 0 Å². The molecule has 2 aromatic carbocycles. The third kappa shape index (κ3) is 2.97. The number of nitrogens with one attached hydrogen (secondary N) is 1. The Balaban J connectivity index is 1.96. The Morgan fingerprint density at radius 3 is 2.52 bits per heavy atom. The standard InChI is InChI=1S/C17H16F2N2O2/c1-23-12-8-6-11(7-9-12)10-21-14-5-3-2-4-13(14)20-17(22)15(21)16(18)19/h2-9,15-16H,10H2,1H3,(H,20,22). The van der Waals surface area contributed by atoms with Crippen molar-refractivity contribution in [1.82, 2.24) is 0 Å². The summed E-state index contributed by atoms with van der Waals surface area (Å²) in [6.07, 6.45) is -2.78. The van der Waals surface area contributed by atoms with Gasteiger partial charge in [-0.3, -0.25) is 4.79 Å². The molecule has 1 heterocycles. The Bertz CT molecular complexity index is 704. The monoisotopic (exact) mass is 318 g/mol. The number of ether oxygens (including phenoxy) is 1. The van der Waals surface area contributed by atoms with Crippen LogP contribution in [0, 0.1) is 0 Å². The van der Waals surface area contributed by atoms with E-state index in [4.69, 9.17) is 4.74 Å². The number of methoxy groups -OCH3 is 1. The number of para-hydroxylation sites is 2. The van der Waals surface area contributed by atoms with Gasteiger partial charge in [-0.25, -0.2) is 8.78 Å². The van der Waals surface area contributed by atoms with Crippen molar-refractivity contribution >= 4 is 17.3 Å². The summed E-state index contributed by atoms with van der Waals surface area (Å²) in [5.74, 6) is 0.00292. The number of rotatable bonds is 4. The number of hydrogen-bond acceptors (Lipinski definition) is 3. The maximum Gasteiger partial charge on any atom is 0.267 e. The highest BCUT2D eigenvalue weighted by Gasteiger charge is 2.39. The first-order valence-electron chi connectivity index (χ1n) is 7.18. The van der Waals surface area contributed by atoms with Crippen LogP contribution in [0.4, 0.5) is 20.2 Å². The van der Waals surface area contributed by atoms with E-state index in [0.717, 1.165) is 5.56 Å². The molecule has 23 heavy (non-hydrogen) atoms. The maximum atomic E-state index is 13.4. The molecule has 1 unspecified atom stereocenters. The first kappa shape index (κ1) is 15.3. The molecule has 1 N–H and O–H groups in total. The predicted octanol–water partition coefficient (Wildman–Crippen LogP) is 3.29. The van der Waals surface area contributed by atoms with Gasteiger partial charge in [0.1, 0.15) is 5.75 Å². The number of anilines is 2. The van der Waals surface area contributed by atoms with Crippen molar-refractivity contribution in [2.24, 2.45) is 0 Å². The Morgan fingerprint density at radius 1 is 1.17 bits per heavy atom. The molecular weight excluding hydrogens is 302 g/mol. The number of hydrogen-bond donors (Lipinski definition) is 1. The average Bonchev–Trinajstić information content (AvgIpc) is 2.55. The van der Waals surface area contributed by atoms with Gasteiger partial charge in [0.2, 0.25) is 0 Å². The van der Waals surface area contributed by atoms with Crippen molar-refractivity contribution in [1.29, 1.82) is 0 Å². The molecule has 0 aliphatic carbocycles. The van der Waals surface area contributed by atoms with Crippen LogP contribution in [0.5, 0.6) is 5.75 Å². The summed E-state index contributed by atoms with van der Waals surface area (Å²) in [5.41, 5.74) is 1.96. The van der Waals surface area contributed by atoms with Gasteiger partial charge in [0.05, 0.1) is 18.5 Å². The van der Waals surface area contributed by atoms with E-state index in [0.29, 0.717) is 17.1 Å². The number of amides is 1. The van der Waals surface area contributed by atoms with E-state index in [9.17, 15) is 13.6 Å². The van der Waals surface area contributed by atoms with Crippen LogP contribution in [-0.2, 0) is 11.3 Å². The summed E-state index contributed by atoms with van der Waals surface area (Å²) in [5, 5.41) is 2.54. The van der Waals surface area contributed by atoms with Gasteiger partial charge in [-0.05, 0) is 29.8 Å². The third-order valence-electron chi connectivity index (χ3n) is 3.83. The van der Waals surface area contributed by atoms with E-state index in [1.165, 1.54) is 4.90 Å². The second-order valence-electron chi connectivity index (χ2n) is 5.26. The maximum absolute atomic E-state index is 13.4. The first-order chi connectivity index (χ1) is 11.1. The fraction of sp³-hybridized carbons (Fsp3) is 0.235. The van der Waals surface area contributed by atoms with Crippen molar-refractivity contribution in [3.8, 4) is 5.75 Å².